The van der Waals surface area contributed by atoms with Gasteiger partial charge in [-0.3, -0.25) is 9.48 Å². The molecule has 0 bridgehead atoms. The molecule has 0 aliphatic heterocycles. The van der Waals surface area contributed by atoms with Gasteiger partial charge in [-0.15, -0.1) is 0 Å². The smallest absolute Gasteiger partial charge is 0.313 e. The third-order valence-electron chi connectivity index (χ3n) is 2.97. The SMILES string of the molecule is Cc1nn(C(C)C)c(C)c1C(C)(C)C(=O)O. The highest BCUT2D eigenvalue weighted by molar-refractivity contribution is 5.81. The zero-order chi connectivity index (χ0) is 12.7. The molecule has 0 radical (unpaired) electrons. The summed E-state index contributed by atoms with van der Waals surface area (Å²) in [6.07, 6.45) is 0. The van der Waals surface area contributed by atoms with E-state index in [2.05, 4.69) is 5.10 Å². The molecular weight excluding hydrogens is 204 g/mol. The van der Waals surface area contributed by atoms with Crippen molar-refractivity contribution in [3.05, 3.63) is 17.0 Å². The van der Waals surface area contributed by atoms with E-state index >= 15 is 0 Å². The average molecular weight is 224 g/mol. The lowest BCUT2D eigenvalue weighted by Crippen LogP contribution is -2.30. The van der Waals surface area contributed by atoms with Gasteiger partial charge in [0.1, 0.15) is 0 Å². The molecular formula is C12H20N2O2. The van der Waals surface area contributed by atoms with Crippen molar-refractivity contribution in [1.82, 2.24) is 9.78 Å². The number of hydrogen-bond donors (Lipinski definition) is 1. The molecule has 1 rings (SSSR count). The fraction of sp³-hybridized carbons (Fsp3) is 0.667. The Balaban J connectivity index is 3.41. The van der Waals surface area contributed by atoms with E-state index in [0.29, 0.717) is 0 Å². The Hall–Kier alpha value is -1.32. The maximum atomic E-state index is 11.3. The molecule has 0 spiro atoms. The van der Waals surface area contributed by atoms with E-state index in [0.717, 1.165) is 17.0 Å². The Bertz CT molecular complexity index is 417. The second-order valence-electron chi connectivity index (χ2n) is 5.01. The van der Waals surface area contributed by atoms with Crippen LogP contribution in [-0.2, 0) is 10.2 Å². The molecule has 1 heterocycles. The number of aromatic nitrogens is 2. The minimum atomic E-state index is -0.888. The number of hydrogen-bond acceptors (Lipinski definition) is 2. The molecule has 1 aromatic heterocycles. The first kappa shape index (κ1) is 12.7. The molecule has 0 fully saturated rings. The molecule has 0 unspecified atom stereocenters. The van der Waals surface area contributed by atoms with Crippen LogP contribution in [0.4, 0.5) is 0 Å². The van der Waals surface area contributed by atoms with Crippen LogP contribution >= 0.6 is 0 Å². The van der Waals surface area contributed by atoms with E-state index in [9.17, 15) is 9.90 Å². The summed E-state index contributed by atoms with van der Waals surface area (Å²) in [4.78, 5) is 11.3. The van der Waals surface area contributed by atoms with Crippen LogP contribution in [0.2, 0.25) is 0 Å². The quantitative estimate of drug-likeness (QED) is 0.858. The van der Waals surface area contributed by atoms with E-state index in [1.54, 1.807) is 13.8 Å². The number of nitrogens with zero attached hydrogens (tertiary/aromatic N) is 2. The Kier molecular flexibility index (Phi) is 3.13. The van der Waals surface area contributed by atoms with E-state index in [1.807, 2.05) is 32.4 Å². The summed E-state index contributed by atoms with van der Waals surface area (Å²) in [6, 6.07) is 0.247. The van der Waals surface area contributed by atoms with Crippen LogP contribution in [0.25, 0.3) is 0 Å². The molecule has 4 heteroatoms. The Morgan fingerprint density at radius 2 is 1.88 bits per heavy atom. The fourth-order valence-electron chi connectivity index (χ4n) is 2.18. The number of rotatable bonds is 3. The summed E-state index contributed by atoms with van der Waals surface area (Å²) < 4.78 is 1.88. The molecule has 0 amide bonds. The predicted molar refractivity (Wildman–Crippen MR) is 62.7 cm³/mol. The third kappa shape index (κ3) is 1.84. The van der Waals surface area contributed by atoms with E-state index in [1.165, 1.54) is 0 Å². The average Bonchev–Trinajstić information content (AvgIpc) is 2.41. The van der Waals surface area contributed by atoms with Gasteiger partial charge in [0.2, 0.25) is 0 Å². The predicted octanol–water partition coefficient (Wildman–Crippen LogP) is 2.44. The van der Waals surface area contributed by atoms with Gasteiger partial charge in [-0.05, 0) is 41.5 Å². The topological polar surface area (TPSA) is 55.1 Å². The molecule has 0 saturated heterocycles. The normalized spacial score (nSPS) is 12.2. The molecule has 0 aromatic carbocycles. The molecule has 1 N–H and O–H groups in total. The Labute approximate surface area is 96.3 Å². The van der Waals surface area contributed by atoms with Gasteiger partial charge in [-0.1, -0.05) is 0 Å². The van der Waals surface area contributed by atoms with E-state index < -0.39 is 11.4 Å². The zero-order valence-corrected chi connectivity index (χ0v) is 10.8. The highest BCUT2D eigenvalue weighted by Gasteiger charge is 2.35. The van der Waals surface area contributed by atoms with Crippen molar-refractivity contribution in [2.24, 2.45) is 0 Å². The first-order chi connectivity index (χ1) is 7.19. The summed E-state index contributed by atoms with van der Waals surface area (Å²) in [5, 5.41) is 13.7. The number of carboxylic acids is 1. The Morgan fingerprint density at radius 3 is 2.19 bits per heavy atom. The molecule has 4 nitrogen and oxygen atoms in total. The molecule has 0 saturated carbocycles. The lowest BCUT2D eigenvalue weighted by molar-refractivity contribution is -0.142. The second-order valence-corrected chi connectivity index (χ2v) is 5.01. The summed E-state index contributed by atoms with van der Waals surface area (Å²) in [7, 11) is 0. The van der Waals surface area contributed by atoms with Gasteiger partial charge in [0, 0.05) is 17.3 Å². The van der Waals surface area contributed by atoms with Crippen molar-refractivity contribution in [3.63, 3.8) is 0 Å². The van der Waals surface area contributed by atoms with Crippen molar-refractivity contribution in [2.75, 3.05) is 0 Å². The van der Waals surface area contributed by atoms with Crippen LogP contribution in [0, 0.1) is 13.8 Å². The van der Waals surface area contributed by atoms with Crippen LogP contribution in [0.15, 0.2) is 0 Å². The van der Waals surface area contributed by atoms with Gasteiger partial charge in [-0.2, -0.15) is 5.10 Å². The first-order valence-electron chi connectivity index (χ1n) is 5.49. The molecule has 0 aliphatic carbocycles. The monoisotopic (exact) mass is 224 g/mol. The first-order valence-corrected chi connectivity index (χ1v) is 5.49. The number of carbonyl (C=O) groups is 1. The maximum Gasteiger partial charge on any atom is 0.313 e. The summed E-state index contributed by atoms with van der Waals surface area (Å²) in [5.74, 6) is -0.818. The van der Waals surface area contributed by atoms with Gasteiger partial charge in [0.15, 0.2) is 0 Å². The summed E-state index contributed by atoms with van der Waals surface area (Å²) >= 11 is 0. The number of aliphatic carboxylic acids is 1. The summed E-state index contributed by atoms with van der Waals surface area (Å²) in [6.45, 7) is 11.3. The minimum absolute atomic E-state index is 0.247. The zero-order valence-electron chi connectivity index (χ0n) is 10.8. The van der Waals surface area contributed by atoms with Gasteiger partial charge < -0.3 is 5.11 Å². The van der Waals surface area contributed by atoms with Gasteiger partial charge in [0.25, 0.3) is 0 Å². The maximum absolute atomic E-state index is 11.3. The molecule has 90 valence electrons. The molecule has 1 aromatic rings. The number of aryl methyl sites for hydroxylation is 1. The lowest BCUT2D eigenvalue weighted by atomic mass is 9.83. The Morgan fingerprint density at radius 1 is 1.38 bits per heavy atom. The lowest BCUT2D eigenvalue weighted by Gasteiger charge is -2.20. The van der Waals surface area contributed by atoms with Crippen molar-refractivity contribution in [1.29, 1.82) is 0 Å². The number of carboxylic acid groups (broad SMARTS) is 1. The molecule has 16 heavy (non-hydrogen) atoms. The second kappa shape index (κ2) is 3.92. The van der Waals surface area contributed by atoms with E-state index in [4.69, 9.17) is 0 Å². The van der Waals surface area contributed by atoms with Crippen molar-refractivity contribution in [3.8, 4) is 0 Å². The van der Waals surface area contributed by atoms with Crippen LogP contribution < -0.4 is 0 Å². The van der Waals surface area contributed by atoms with Crippen LogP contribution in [0.5, 0.6) is 0 Å². The molecule has 0 aliphatic rings. The highest BCUT2D eigenvalue weighted by atomic mass is 16.4. The van der Waals surface area contributed by atoms with Gasteiger partial charge in [-0.25, -0.2) is 0 Å². The van der Waals surface area contributed by atoms with E-state index in [-0.39, 0.29) is 6.04 Å². The van der Waals surface area contributed by atoms with Crippen molar-refractivity contribution >= 4 is 5.97 Å². The van der Waals surface area contributed by atoms with Crippen LogP contribution in [0.1, 0.15) is 50.7 Å². The largest absolute Gasteiger partial charge is 0.481 e. The fourth-order valence-corrected chi connectivity index (χ4v) is 2.18. The third-order valence-corrected chi connectivity index (χ3v) is 2.97. The standard InChI is InChI=1S/C12H20N2O2/c1-7(2)14-9(4)10(8(3)13-14)12(5,6)11(15)16/h7H,1-6H3,(H,15,16). The molecule has 0 atom stereocenters. The van der Waals surface area contributed by atoms with Gasteiger partial charge in [0.05, 0.1) is 11.1 Å². The minimum Gasteiger partial charge on any atom is -0.481 e. The van der Waals surface area contributed by atoms with Crippen LogP contribution in [-0.4, -0.2) is 20.9 Å². The van der Waals surface area contributed by atoms with Crippen molar-refractivity contribution < 1.29 is 9.90 Å². The van der Waals surface area contributed by atoms with Gasteiger partial charge >= 0.3 is 5.97 Å². The van der Waals surface area contributed by atoms with Crippen molar-refractivity contribution in [2.45, 2.75) is 53.0 Å². The van der Waals surface area contributed by atoms with Crippen LogP contribution in [0.3, 0.4) is 0 Å². The summed E-state index contributed by atoms with van der Waals surface area (Å²) in [5.41, 5.74) is 1.69. The highest BCUT2D eigenvalue weighted by Crippen LogP contribution is 2.30.